The van der Waals surface area contributed by atoms with Gasteiger partial charge in [0.05, 0.1) is 0 Å². The van der Waals surface area contributed by atoms with E-state index in [1.54, 1.807) is 11.1 Å². The molecule has 4 fully saturated rings. The zero-order valence-corrected chi connectivity index (χ0v) is 32.7. The number of rotatable bonds is 4. The van der Waals surface area contributed by atoms with Gasteiger partial charge in [0, 0.05) is 0 Å². The molecular weight excluding hydrogens is 671 g/mol. The van der Waals surface area contributed by atoms with Gasteiger partial charge >= 0.3 is 25.8 Å². The van der Waals surface area contributed by atoms with Crippen LogP contribution in [0, 0.1) is 98.3 Å². The molecule has 0 aromatic heterocycles. The molecule has 1 heteroatoms. The van der Waals surface area contributed by atoms with Crippen LogP contribution in [0.25, 0.3) is 0 Å². The Bertz CT molecular complexity index is 1000. The van der Waals surface area contributed by atoms with Crippen molar-refractivity contribution in [3.05, 3.63) is 99.5 Å². The molecule has 0 bridgehead atoms. The molecule has 2 aromatic rings. The van der Waals surface area contributed by atoms with E-state index in [1.165, 1.54) is 86.5 Å². The molecule has 232 valence electrons. The molecule has 8 unspecified atom stereocenters. The van der Waals surface area contributed by atoms with Crippen LogP contribution < -0.4 is 0 Å². The molecular formula is C41H64Hf. The molecule has 2 aromatic carbocycles. The van der Waals surface area contributed by atoms with Gasteiger partial charge in [0.25, 0.3) is 0 Å². The van der Waals surface area contributed by atoms with E-state index in [2.05, 4.69) is 77.9 Å². The van der Waals surface area contributed by atoms with Crippen LogP contribution in [0.3, 0.4) is 0 Å². The summed E-state index contributed by atoms with van der Waals surface area (Å²) in [7, 11) is 0. The van der Waals surface area contributed by atoms with Gasteiger partial charge in [-0.2, -0.15) is 0 Å². The van der Waals surface area contributed by atoms with Crippen molar-refractivity contribution < 1.29 is 25.8 Å². The number of benzene rings is 2. The van der Waals surface area contributed by atoms with E-state index in [1.807, 2.05) is 0 Å². The van der Waals surface area contributed by atoms with E-state index < -0.39 is 0 Å². The molecule has 0 heterocycles. The summed E-state index contributed by atoms with van der Waals surface area (Å²) in [6, 6.07) is 14.8. The van der Waals surface area contributed by atoms with Gasteiger partial charge in [-0.3, -0.25) is 0 Å². The molecule has 6 rings (SSSR count). The Balaban J connectivity index is 0.00000176. The van der Waals surface area contributed by atoms with E-state index in [0.29, 0.717) is 5.41 Å². The van der Waals surface area contributed by atoms with E-state index >= 15 is 0 Å². The first kappa shape index (κ1) is 39.3. The Morgan fingerprint density at radius 3 is 1.12 bits per heavy atom. The van der Waals surface area contributed by atoms with Gasteiger partial charge in [-0.05, 0) is 143 Å². The van der Waals surface area contributed by atoms with Crippen LogP contribution in [0.15, 0.2) is 36.4 Å². The summed E-state index contributed by atoms with van der Waals surface area (Å²) in [6.45, 7) is 14.6. The van der Waals surface area contributed by atoms with Gasteiger partial charge in [0.1, 0.15) is 0 Å². The van der Waals surface area contributed by atoms with Crippen molar-refractivity contribution in [2.75, 3.05) is 0 Å². The van der Waals surface area contributed by atoms with E-state index in [0.717, 1.165) is 47.3 Å². The molecule has 42 heavy (non-hydrogen) atoms. The van der Waals surface area contributed by atoms with Gasteiger partial charge in [-0.15, -0.1) is 0 Å². The van der Waals surface area contributed by atoms with E-state index in [9.17, 15) is 0 Å². The summed E-state index contributed by atoms with van der Waals surface area (Å²) in [5, 5.41) is 0. The Morgan fingerprint density at radius 1 is 0.452 bits per heavy atom. The first-order valence-corrected chi connectivity index (χ1v) is 15.9. The maximum absolute atomic E-state index is 2.73. The Labute approximate surface area is 282 Å². The second-order valence-electron chi connectivity index (χ2n) is 14.8. The zero-order valence-electron chi connectivity index (χ0n) is 29.2. The van der Waals surface area contributed by atoms with Crippen molar-refractivity contribution in [2.45, 2.75) is 118 Å². The molecule has 4 aliphatic rings. The van der Waals surface area contributed by atoms with Crippen LogP contribution in [0.5, 0.6) is 0 Å². The zero-order chi connectivity index (χ0) is 25.9. The molecule has 0 amide bonds. The van der Waals surface area contributed by atoms with Crippen LogP contribution in [0.1, 0.15) is 123 Å². The summed E-state index contributed by atoms with van der Waals surface area (Å²) in [4.78, 5) is 0. The summed E-state index contributed by atoms with van der Waals surface area (Å²) < 4.78 is 0. The summed E-state index contributed by atoms with van der Waals surface area (Å²) in [5.41, 5.74) is 9.64. The van der Waals surface area contributed by atoms with Crippen molar-refractivity contribution in [3.8, 4) is 0 Å². The van der Waals surface area contributed by atoms with Gasteiger partial charge in [-0.25, -0.2) is 0 Å². The molecule has 8 atom stereocenters. The average molecular weight is 735 g/mol. The van der Waals surface area contributed by atoms with Gasteiger partial charge in [0.15, 0.2) is 0 Å². The minimum Gasteiger partial charge on any atom is -0.358 e. The molecule has 0 nitrogen and oxygen atoms in total. The largest absolute Gasteiger partial charge is 4.00 e. The average Bonchev–Trinajstić information content (AvgIpc) is 3.48. The monoisotopic (exact) mass is 736 g/mol. The fraction of sp³-hybridized carbons (Fsp3) is 0.610. The summed E-state index contributed by atoms with van der Waals surface area (Å²) in [6.07, 6.45) is 14.6. The number of fused-ring (bicyclic) bond motifs is 2. The summed E-state index contributed by atoms with van der Waals surface area (Å²) in [5.74, 6) is 7.21. The van der Waals surface area contributed by atoms with Crippen molar-refractivity contribution in [2.24, 2.45) is 40.9 Å². The minimum atomic E-state index is 0. The molecule has 0 radical (unpaired) electrons. The van der Waals surface area contributed by atoms with Gasteiger partial charge in [0.2, 0.25) is 0 Å². The van der Waals surface area contributed by atoms with Crippen LogP contribution in [-0.4, -0.2) is 0 Å². The quantitative estimate of drug-likeness (QED) is 0.217. The molecule has 4 aliphatic carbocycles. The Morgan fingerprint density at radius 2 is 0.786 bits per heavy atom. The maximum Gasteiger partial charge on any atom is 4.00 e. The second-order valence-corrected chi connectivity index (χ2v) is 14.8. The molecule has 0 N–H and O–H groups in total. The van der Waals surface area contributed by atoms with Crippen LogP contribution in [-0.2, 0) is 25.8 Å². The van der Waals surface area contributed by atoms with Gasteiger partial charge in [-0.1, -0.05) is 85.3 Å². The normalized spacial score (nSPS) is 31.6. The fourth-order valence-corrected chi connectivity index (χ4v) is 11.0. The minimum absolute atomic E-state index is 0. The van der Waals surface area contributed by atoms with Crippen molar-refractivity contribution in [3.63, 3.8) is 0 Å². The smallest absolute Gasteiger partial charge is 0.358 e. The van der Waals surface area contributed by atoms with Crippen LogP contribution >= 0.6 is 0 Å². The number of hydrogen-bond acceptors (Lipinski definition) is 0. The first-order chi connectivity index (χ1) is 17.7. The third-order valence-corrected chi connectivity index (χ3v) is 12.2. The van der Waals surface area contributed by atoms with Crippen LogP contribution in [0.4, 0.5) is 0 Å². The van der Waals surface area contributed by atoms with E-state index in [-0.39, 0.29) is 55.5 Å². The van der Waals surface area contributed by atoms with Crippen molar-refractivity contribution >= 4 is 0 Å². The Kier molecular flexibility index (Phi) is 14.6. The van der Waals surface area contributed by atoms with E-state index in [4.69, 9.17) is 0 Å². The topological polar surface area (TPSA) is 0 Å². The Hall–Kier alpha value is -0.690. The number of hydrogen-bond donors (Lipinski definition) is 0. The fourth-order valence-electron chi connectivity index (χ4n) is 11.0. The third kappa shape index (κ3) is 7.23. The predicted molar refractivity (Wildman–Crippen MR) is 184 cm³/mol. The van der Waals surface area contributed by atoms with Crippen LogP contribution in [0.2, 0.25) is 0 Å². The SMILES string of the molecule is Cc1cc(C)cc(C2CCCC3C2CCC3C(C)(C)C2CCC3C(c4cc(C)cc(C)c4)CCCC32)c1.[CH3-].[CH3-].[CH3-].[CH3-].[Hf+4]. The van der Waals surface area contributed by atoms with Gasteiger partial charge < -0.3 is 29.7 Å². The molecule has 0 aliphatic heterocycles. The molecule has 4 saturated carbocycles. The summed E-state index contributed by atoms with van der Waals surface area (Å²) >= 11 is 0. The third-order valence-electron chi connectivity index (χ3n) is 12.2. The molecule has 0 saturated heterocycles. The molecule has 0 spiro atoms. The first-order valence-electron chi connectivity index (χ1n) is 15.9. The number of aryl methyl sites for hydroxylation is 4. The van der Waals surface area contributed by atoms with Crippen molar-refractivity contribution in [1.82, 2.24) is 0 Å². The maximum atomic E-state index is 2.73. The van der Waals surface area contributed by atoms with Crippen molar-refractivity contribution in [1.29, 1.82) is 0 Å². The standard InChI is InChI=1S/C37H52.4CH3.Hf/c1-23-17-24(2)20-27(19-23)29-9-7-11-33-31(29)13-15-35(33)37(5,6)36-16-14-32-30(10-8-12-34(32)36)28-21-25(3)18-26(4)22-28;;;;;/h17-22,29-36H,7-16H2,1-6H3;4*1H3;/q;4*-1;+4. The predicted octanol–water partition coefficient (Wildman–Crippen LogP) is 12.3. The second kappa shape index (κ2) is 15.5.